The van der Waals surface area contributed by atoms with Crippen molar-refractivity contribution in [1.29, 1.82) is 0 Å². The van der Waals surface area contributed by atoms with Crippen LogP contribution in [-0.4, -0.2) is 108 Å². The Morgan fingerprint density at radius 3 is 2.42 bits per heavy atom. The highest BCUT2D eigenvalue weighted by Crippen LogP contribution is 2.40. The largest absolute Gasteiger partial charge is 0.449 e. The summed E-state index contributed by atoms with van der Waals surface area (Å²) in [6.07, 6.45) is 1.68. The standard InChI is InChI=1S/C28H41N8O6P/c1-3-4-17-42-28(39)34-15-13-33(14-16-34)25(37)11-18-43(30,40)36(29)27(38)23-19-24(35-12-10-22(20-35)41-2)32-26(31-23)21-8-6-5-7-9-21/h5-9,19,22H,3-4,10-18,20,29H2,1-2H3,(H2,30,40)/t22-,43+/m0/s1. The maximum Gasteiger partial charge on any atom is 0.409 e. The molecule has 234 valence electrons. The molecule has 1 aromatic heterocycles. The number of nitrogens with two attached hydrogens (primary N) is 2. The van der Waals surface area contributed by atoms with Gasteiger partial charge in [0.25, 0.3) is 13.4 Å². The van der Waals surface area contributed by atoms with Crippen LogP contribution in [0, 0.1) is 0 Å². The Morgan fingerprint density at radius 1 is 1.07 bits per heavy atom. The van der Waals surface area contributed by atoms with E-state index < -0.39 is 19.4 Å². The Bertz CT molecular complexity index is 1320. The number of aromatic nitrogens is 2. The molecule has 2 aromatic rings. The van der Waals surface area contributed by atoms with Crippen LogP contribution in [0.1, 0.15) is 43.1 Å². The molecule has 4 N–H and O–H groups in total. The molecule has 14 nitrogen and oxygen atoms in total. The van der Waals surface area contributed by atoms with Crippen molar-refractivity contribution in [2.24, 2.45) is 11.3 Å². The predicted molar refractivity (Wildman–Crippen MR) is 161 cm³/mol. The minimum atomic E-state index is -3.96. The van der Waals surface area contributed by atoms with Crippen LogP contribution in [0.3, 0.4) is 0 Å². The van der Waals surface area contributed by atoms with Gasteiger partial charge in [-0.1, -0.05) is 43.7 Å². The second kappa shape index (κ2) is 14.7. The monoisotopic (exact) mass is 616 g/mol. The molecular weight excluding hydrogens is 575 g/mol. The summed E-state index contributed by atoms with van der Waals surface area (Å²) >= 11 is 0. The first-order chi connectivity index (χ1) is 20.6. The molecule has 2 aliphatic heterocycles. The van der Waals surface area contributed by atoms with Crippen LogP contribution in [0.2, 0.25) is 0 Å². The van der Waals surface area contributed by atoms with Gasteiger partial charge in [0.15, 0.2) is 5.82 Å². The van der Waals surface area contributed by atoms with Crippen LogP contribution in [-0.2, 0) is 18.8 Å². The topological polar surface area (TPSA) is 178 Å². The third kappa shape index (κ3) is 8.29. The molecule has 0 unspecified atom stereocenters. The lowest BCUT2D eigenvalue weighted by Crippen LogP contribution is -2.51. The molecule has 4 rings (SSSR count). The second-order valence-corrected chi connectivity index (χ2v) is 13.0. The number of anilines is 1. The highest BCUT2D eigenvalue weighted by molar-refractivity contribution is 7.59. The molecule has 0 bridgehead atoms. The van der Waals surface area contributed by atoms with E-state index in [9.17, 15) is 18.9 Å². The van der Waals surface area contributed by atoms with Crippen molar-refractivity contribution in [2.45, 2.75) is 38.7 Å². The molecule has 2 atom stereocenters. The summed E-state index contributed by atoms with van der Waals surface area (Å²) in [5.41, 5.74) is 6.70. The SMILES string of the molecule is CCCCOC(=O)N1CCN(C(=O)CC[P@](N)(=O)N(N)C(=O)c2cc(N3CC[C@H](OC)C3)nc(-c3ccccc3)n2)CC1. The number of carbonyl (C=O) groups excluding carboxylic acids is 3. The zero-order chi connectivity index (χ0) is 31.0. The van der Waals surface area contributed by atoms with Gasteiger partial charge in [-0.15, -0.1) is 0 Å². The number of ether oxygens (including phenoxy) is 2. The van der Waals surface area contributed by atoms with E-state index >= 15 is 0 Å². The van der Waals surface area contributed by atoms with E-state index in [1.807, 2.05) is 42.2 Å². The van der Waals surface area contributed by atoms with Gasteiger partial charge in [-0.2, -0.15) is 0 Å². The lowest BCUT2D eigenvalue weighted by Gasteiger charge is -2.34. The van der Waals surface area contributed by atoms with Gasteiger partial charge in [-0.3, -0.25) is 19.7 Å². The first kappa shape index (κ1) is 32.3. The van der Waals surface area contributed by atoms with Gasteiger partial charge in [0.2, 0.25) is 5.91 Å². The molecule has 0 radical (unpaired) electrons. The fourth-order valence-corrected chi connectivity index (χ4v) is 6.01. The fraction of sp³-hybridized carbons (Fsp3) is 0.536. The van der Waals surface area contributed by atoms with Crippen molar-refractivity contribution >= 4 is 31.2 Å². The lowest BCUT2D eigenvalue weighted by atomic mass is 10.2. The quantitative estimate of drug-likeness (QED) is 0.124. The van der Waals surface area contributed by atoms with Crippen molar-refractivity contribution in [1.82, 2.24) is 24.5 Å². The Labute approximate surface area is 251 Å². The van der Waals surface area contributed by atoms with E-state index in [-0.39, 0.29) is 30.3 Å². The number of amides is 3. The van der Waals surface area contributed by atoms with E-state index in [0.29, 0.717) is 67.9 Å². The van der Waals surface area contributed by atoms with E-state index in [1.165, 1.54) is 6.07 Å². The number of methoxy groups -OCH3 is 1. The average molecular weight is 617 g/mol. The molecule has 15 heteroatoms. The molecule has 1 aromatic carbocycles. The van der Waals surface area contributed by atoms with Gasteiger partial charge >= 0.3 is 6.09 Å². The normalized spacial score (nSPS) is 18.3. The Balaban J connectivity index is 1.40. The highest BCUT2D eigenvalue weighted by atomic mass is 31.2. The van der Waals surface area contributed by atoms with Crippen LogP contribution in [0.25, 0.3) is 11.4 Å². The van der Waals surface area contributed by atoms with Gasteiger partial charge < -0.3 is 24.2 Å². The molecule has 0 saturated carbocycles. The Kier molecular flexibility index (Phi) is 11.1. The summed E-state index contributed by atoms with van der Waals surface area (Å²) in [5, 5.41) is 0. The van der Waals surface area contributed by atoms with Crippen molar-refractivity contribution in [3.63, 3.8) is 0 Å². The highest BCUT2D eigenvalue weighted by Gasteiger charge is 2.33. The summed E-state index contributed by atoms with van der Waals surface area (Å²) < 4.78 is 24.6. The predicted octanol–water partition coefficient (Wildman–Crippen LogP) is 2.31. The minimum Gasteiger partial charge on any atom is -0.449 e. The molecule has 0 aliphatic carbocycles. The van der Waals surface area contributed by atoms with E-state index in [2.05, 4.69) is 9.97 Å². The number of nitrogens with zero attached hydrogens (tertiary/aromatic N) is 6. The zero-order valence-corrected chi connectivity index (χ0v) is 25.7. The van der Waals surface area contributed by atoms with Gasteiger partial charge in [-0.25, -0.2) is 25.4 Å². The van der Waals surface area contributed by atoms with E-state index in [1.54, 1.807) is 16.9 Å². The second-order valence-electron chi connectivity index (χ2n) is 10.6. The molecular formula is C28H41N8O6P. The number of benzene rings is 1. The lowest BCUT2D eigenvalue weighted by molar-refractivity contribution is -0.132. The number of unbranched alkanes of at least 4 members (excludes halogenated alkanes) is 1. The van der Waals surface area contributed by atoms with Crippen LogP contribution >= 0.6 is 7.44 Å². The van der Waals surface area contributed by atoms with E-state index in [4.69, 9.17) is 20.8 Å². The van der Waals surface area contributed by atoms with Gasteiger partial charge in [0, 0.05) is 70.6 Å². The number of carbonyl (C=O) groups is 3. The van der Waals surface area contributed by atoms with Crippen LogP contribution < -0.4 is 16.2 Å². The van der Waals surface area contributed by atoms with Gasteiger partial charge in [-0.05, 0) is 12.8 Å². The van der Waals surface area contributed by atoms with Crippen molar-refractivity contribution < 1.29 is 28.4 Å². The fourth-order valence-electron chi connectivity index (χ4n) is 4.88. The van der Waals surface area contributed by atoms with Gasteiger partial charge in [0.1, 0.15) is 11.5 Å². The minimum absolute atomic E-state index is 0.0321. The van der Waals surface area contributed by atoms with Crippen molar-refractivity contribution in [2.75, 3.05) is 64.0 Å². The molecule has 3 heterocycles. The first-order valence-corrected chi connectivity index (χ1v) is 16.4. The number of hydrazine groups is 1. The number of hydrogen-bond donors (Lipinski definition) is 2. The smallest absolute Gasteiger partial charge is 0.409 e. The Hall–Kier alpha value is -3.58. The molecule has 3 amide bonds. The molecule has 2 aliphatic rings. The summed E-state index contributed by atoms with van der Waals surface area (Å²) in [4.78, 5) is 52.7. The number of rotatable bonds is 11. The summed E-state index contributed by atoms with van der Waals surface area (Å²) in [6.45, 7) is 4.94. The molecule has 2 fully saturated rings. The summed E-state index contributed by atoms with van der Waals surface area (Å²) in [5.74, 6) is 5.75. The van der Waals surface area contributed by atoms with Crippen LogP contribution in [0.5, 0.6) is 0 Å². The molecule has 0 spiro atoms. The van der Waals surface area contributed by atoms with Crippen LogP contribution in [0.15, 0.2) is 36.4 Å². The van der Waals surface area contributed by atoms with Crippen molar-refractivity contribution in [3.05, 3.63) is 42.1 Å². The summed E-state index contributed by atoms with van der Waals surface area (Å²) in [7, 11) is -2.31. The molecule has 43 heavy (non-hydrogen) atoms. The van der Waals surface area contributed by atoms with E-state index in [0.717, 1.165) is 19.3 Å². The van der Waals surface area contributed by atoms with Crippen molar-refractivity contribution in [3.8, 4) is 11.4 Å². The van der Waals surface area contributed by atoms with Gasteiger partial charge in [0.05, 0.1) is 12.7 Å². The number of piperazine rings is 1. The third-order valence-corrected chi connectivity index (χ3v) is 9.37. The maximum absolute atomic E-state index is 13.5. The summed E-state index contributed by atoms with van der Waals surface area (Å²) in [6, 6.07) is 10.7. The Morgan fingerprint density at radius 2 is 1.77 bits per heavy atom. The third-order valence-electron chi connectivity index (χ3n) is 7.60. The van der Waals surface area contributed by atoms with Crippen LogP contribution in [0.4, 0.5) is 10.6 Å². The first-order valence-electron chi connectivity index (χ1n) is 14.5. The maximum atomic E-state index is 13.5. The average Bonchev–Trinajstić information content (AvgIpc) is 3.53. The zero-order valence-electron chi connectivity index (χ0n) is 24.8. The molecule has 2 saturated heterocycles. The number of hydrogen-bond acceptors (Lipinski definition) is 10.